The summed E-state index contributed by atoms with van der Waals surface area (Å²) in [6.07, 6.45) is 0. The van der Waals surface area contributed by atoms with E-state index in [4.69, 9.17) is 0 Å². The minimum atomic E-state index is -0.829. The summed E-state index contributed by atoms with van der Waals surface area (Å²) in [5.74, 6) is -0.821. The van der Waals surface area contributed by atoms with Crippen molar-refractivity contribution >= 4 is 23.6 Å². The fraction of sp³-hybridized carbons (Fsp3) is 0.263. The zero-order valence-electron chi connectivity index (χ0n) is 13.6. The van der Waals surface area contributed by atoms with Crippen molar-refractivity contribution < 1.29 is 14.3 Å². The van der Waals surface area contributed by atoms with Crippen LogP contribution in [0.15, 0.2) is 60.7 Å². The molecule has 0 aliphatic carbocycles. The first-order valence-corrected chi connectivity index (χ1v) is 8.93. The molecule has 0 bridgehead atoms. The SMILES string of the molecule is CCOC(=O)C(=O)NCCSC(c1ccccc1)c1ccccc1. The van der Waals surface area contributed by atoms with E-state index in [1.165, 1.54) is 11.1 Å². The summed E-state index contributed by atoms with van der Waals surface area (Å²) in [6, 6.07) is 20.5. The third-order valence-corrected chi connectivity index (χ3v) is 4.66. The summed E-state index contributed by atoms with van der Waals surface area (Å²) in [6.45, 7) is 2.29. The zero-order chi connectivity index (χ0) is 17.2. The van der Waals surface area contributed by atoms with Crippen molar-refractivity contribution in [3.8, 4) is 0 Å². The largest absolute Gasteiger partial charge is 0.459 e. The Kier molecular flexibility index (Phi) is 7.36. The lowest BCUT2D eigenvalue weighted by Crippen LogP contribution is -2.34. The molecule has 0 heterocycles. The average molecular weight is 343 g/mol. The van der Waals surface area contributed by atoms with Crippen molar-refractivity contribution in [3.05, 3.63) is 71.8 Å². The van der Waals surface area contributed by atoms with Crippen molar-refractivity contribution in [2.75, 3.05) is 18.9 Å². The third-order valence-electron chi connectivity index (χ3n) is 3.34. The Morgan fingerprint density at radius 2 is 1.54 bits per heavy atom. The minimum Gasteiger partial charge on any atom is -0.459 e. The van der Waals surface area contributed by atoms with Crippen LogP contribution in [0.4, 0.5) is 0 Å². The van der Waals surface area contributed by atoms with Gasteiger partial charge < -0.3 is 10.1 Å². The van der Waals surface area contributed by atoms with E-state index in [9.17, 15) is 9.59 Å². The van der Waals surface area contributed by atoms with E-state index in [0.717, 1.165) is 0 Å². The number of ether oxygens (including phenoxy) is 1. The highest BCUT2D eigenvalue weighted by atomic mass is 32.2. The van der Waals surface area contributed by atoms with E-state index in [2.05, 4.69) is 34.3 Å². The van der Waals surface area contributed by atoms with Crippen LogP contribution in [0.1, 0.15) is 23.3 Å². The first-order valence-electron chi connectivity index (χ1n) is 7.88. The van der Waals surface area contributed by atoms with Crippen LogP contribution in [-0.4, -0.2) is 30.8 Å². The van der Waals surface area contributed by atoms with Gasteiger partial charge >= 0.3 is 11.9 Å². The van der Waals surface area contributed by atoms with Gasteiger partial charge in [-0.25, -0.2) is 4.79 Å². The van der Waals surface area contributed by atoms with Gasteiger partial charge in [-0.05, 0) is 18.1 Å². The number of rotatable bonds is 7. The normalized spacial score (nSPS) is 10.4. The molecule has 0 radical (unpaired) electrons. The summed E-state index contributed by atoms with van der Waals surface area (Å²) >= 11 is 1.73. The fourth-order valence-corrected chi connectivity index (χ4v) is 3.41. The Hall–Kier alpha value is -2.27. The molecule has 24 heavy (non-hydrogen) atoms. The van der Waals surface area contributed by atoms with Gasteiger partial charge in [-0.1, -0.05) is 60.7 Å². The maximum Gasteiger partial charge on any atom is 0.396 e. The molecule has 0 aliphatic heterocycles. The molecule has 126 valence electrons. The predicted molar refractivity (Wildman–Crippen MR) is 96.8 cm³/mol. The van der Waals surface area contributed by atoms with E-state index in [-0.39, 0.29) is 11.9 Å². The number of hydrogen-bond donors (Lipinski definition) is 1. The van der Waals surface area contributed by atoms with Crippen LogP contribution in [0, 0.1) is 0 Å². The maximum absolute atomic E-state index is 11.5. The molecule has 0 atom stereocenters. The molecule has 5 heteroatoms. The van der Waals surface area contributed by atoms with E-state index in [1.807, 2.05) is 36.4 Å². The van der Waals surface area contributed by atoms with Crippen LogP contribution in [0.5, 0.6) is 0 Å². The second kappa shape index (κ2) is 9.78. The molecule has 4 nitrogen and oxygen atoms in total. The summed E-state index contributed by atoms with van der Waals surface area (Å²) in [4.78, 5) is 22.8. The molecule has 0 saturated heterocycles. The van der Waals surface area contributed by atoms with Gasteiger partial charge in [-0.3, -0.25) is 4.79 Å². The zero-order valence-corrected chi connectivity index (χ0v) is 14.4. The highest BCUT2D eigenvalue weighted by Crippen LogP contribution is 2.34. The average Bonchev–Trinajstić information content (AvgIpc) is 2.63. The summed E-state index contributed by atoms with van der Waals surface area (Å²) < 4.78 is 4.66. The lowest BCUT2D eigenvalue weighted by molar-refractivity contribution is -0.154. The molecule has 2 aromatic carbocycles. The molecule has 2 aromatic rings. The topological polar surface area (TPSA) is 55.4 Å². The van der Waals surface area contributed by atoms with Crippen molar-refractivity contribution in [1.82, 2.24) is 5.32 Å². The molecule has 0 aliphatic rings. The highest BCUT2D eigenvalue weighted by molar-refractivity contribution is 7.99. The fourth-order valence-electron chi connectivity index (χ4n) is 2.25. The molecule has 0 fully saturated rings. The minimum absolute atomic E-state index is 0.187. The molecule has 1 N–H and O–H groups in total. The van der Waals surface area contributed by atoms with Gasteiger partial charge in [0.15, 0.2) is 0 Å². The highest BCUT2D eigenvalue weighted by Gasteiger charge is 2.16. The summed E-state index contributed by atoms with van der Waals surface area (Å²) in [5.41, 5.74) is 2.43. The van der Waals surface area contributed by atoms with Crippen LogP contribution in [-0.2, 0) is 14.3 Å². The molecule has 0 saturated carbocycles. The predicted octanol–water partition coefficient (Wildman–Crippen LogP) is 3.19. The Balaban J connectivity index is 1.93. The molecule has 1 amide bonds. The molecule has 0 aromatic heterocycles. The second-order valence-corrected chi connectivity index (χ2v) is 6.26. The number of carbonyl (C=O) groups is 2. The maximum atomic E-state index is 11.5. The number of nitrogens with one attached hydrogen (secondary N) is 1. The van der Waals surface area contributed by atoms with E-state index < -0.39 is 11.9 Å². The van der Waals surface area contributed by atoms with Crippen molar-refractivity contribution in [3.63, 3.8) is 0 Å². The number of benzene rings is 2. The van der Waals surface area contributed by atoms with Crippen molar-refractivity contribution in [1.29, 1.82) is 0 Å². The Labute approximate surface area is 146 Å². The number of carbonyl (C=O) groups excluding carboxylic acids is 2. The summed E-state index contributed by atoms with van der Waals surface area (Å²) in [5, 5.41) is 2.78. The molecular formula is C19H21NO3S. The molecular weight excluding hydrogens is 322 g/mol. The quantitative estimate of drug-likeness (QED) is 0.476. The van der Waals surface area contributed by atoms with Gasteiger partial charge in [0.25, 0.3) is 0 Å². The lowest BCUT2D eigenvalue weighted by Gasteiger charge is -2.17. The first-order chi connectivity index (χ1) is 11.7. The van der Waals surface area contributed by atoms with Gasteiger partial charge in [-0.15, -0.1) is 11.8 Å². The number of amides is 1. The Bertz CT molecular complexity index is 607. The van der Waals surface area contributed by atoms with Crippen LogP contribution in [0.3, 0.4) is 0 Å². The van der Waals surface area contributed by atoms with Crippen LogP contribution in [0.25, 0.3) is 0 Å². The first kappa shape index (κ1) is 18.1. The van der Waals surface area contributed by atoms with Gasteiger partial charge in [0.2, 0.25) is 0 Å². The number of hydrogen-bond acceptors (Lipinski definition) is 4. The van der Waals surface area contributed by atoms with Crippen LogP contribution >= 0.6 is 11.8 Å². The van der Waals surface area contributed by atoms with Gasteiger partial charge in [0, 0.05) is 12.3 Å². The monoisotopic (exact) mass is 343 g/mol. The Morgan fingerprint density at radius 1 is 1.00 bits per heavy atom. The number of thioether (sulfide) groups is 1. The lowest BCUT2D eigenvalue weighted by atomic mass is 10.0. The van der Waals surface area contributed by atoms with Crippen LogP contribution in [0.2, 0.25) is 0 Å². The van der Waals surface area contributed by atoms with Gasteiger partial charge in [-0.2, -0.15) is 0 Å². The van der Waals surface area contributed by atoms with Crippen molar-refractivity contribution in [2.24, 2.45) is 0 Å². The summed E-state index contributed by atoms with van der Waals surface area (Å²) in [7, 11) is 0. The van der Waals surface area contributed by atoms with E-state index in [0.29, 0.717) is 12.3 Å². The van der Waals surface area contributed by atoms with Gasteiger partial charge in [0.1, 0.15) is 0 Å². The van der Waals surface area contributed by atoms with Crippen molar-refractivity contribution in [2.45, 2.75) is 12.2 Å². The number of esters is 1. The molecule has 0 unspecified atom stereocenters. The smallest absolute Gasteiger partial charge is 0.396 e. The van der Waals surface area contributed by atoms with Gasteiger partial charge in [0.05, 0.1) is 11.9 Å². The standard InChI is InChI=1S/C19H21NO3S/c1-2-23-19(22)18(21)20-13-14-24-17(15-9-5-3-6-10-15)16-11-7-4-8-12-16/h3-12,17H,2,13-14H2,1H3,(H,20,21). The Morgan fingerprint density at radius 3 is 2.04 bits per heavy atom. The van der Waals surface area contributed by atoms with E-state index in [1.54, 1.807) is 18.7 Å². The van der Waals surface area contributed by atoms with E-state index >= 15 is 0 Å². The molecule has 0 spiro atoms. The second-order valence-electron chi connectivity index (χ2n) is 5.05. The third kappa shape index (κ3) is 5.42. The van der Waals surface area contributed by atoms with Crippen LogP contribution < -0.4 is 5.32 Å². The molecule has 2 rings (SSSR count).